The van der Waals surface area contributed by atoms with Gasteiger partial charge in [0.25, 0.3) is 0 Å². The van der Waals surface area contributed by atoms with Crippen molar-refractivity contribution in [2.24, 2.45) is 5.73 Å². The van der Waals surface area contributed by atoms with Gasteiger partial charge < -0.3 is 5.73 Å². The molecule has 0 spiro atoms. The van der Waals surface area contributed by atoms with Crippen LogP contribution in [0.25, 0.3) is 10.6 Å². The van der Waals surface area contributed by atoms with Crippen molar-refractivity contribution >= 4 is 11.3 Å². The summed E-state index contributed by atoms with van der Waals surface area (Å²) in [5.41, 5.74) is 9.84. The van der Waals surface area contributed by atoms with Gasteiger partial charge in [-0.05, 0) is 26.7 Å². The third-order valence-electron chi connectivity index (χ3n) is 3.82. The summed E-state index contributed by atoms with van der Waals surface area (Å²) in [5.74, 6) is 0. The summed E-state index contributed by atoms with van der Waals surface area (Å²) in [6.45, 7) is 4.97. The van der Waals surface area contributed by atoms with Crippen LogP contribution in [-0.2, 0) is 5.41 Å². The van der Waals surface area contributed by atoms with E-state index >= 15 is 0 Å². The molecule has 1 saturated carbocycles. The number of thiazole rings is 1. The quantitative estimate of drug-likeness (QED) is 0.916. The van der Waals surface area contributed by atoms with Gasteiger partial charge in [-0.25, -0.2) is 4.98 Å². The average molecular weight is 258 g/mol. The summed E-state index contributed by atoms with van der Waals surface area (Å²) in [6, 6.07) is 8.59. The van der Waals surface area contributed by atoms with Gasteiger partial charge in [-0.15, -0.1) is 11.3 Å². The van der Waals surface area contributed by atoms with Crippen LogP contribution in [0.3, 0.4) is 0 Å². The van der Waals surface area contributed by atoms with Crippen LogP contribution in [0, 0.1) is 13.8 Å². The van der Waals surface area contributed by atoms with E-state index in [9.17, 15) is 0 Å². The van der Waals surface area contributed by atoms with E-state index in [1.54, 1.807) is 0 Å². The Balaban J connectivity index is 2.00. The second-order valence-electron chi connectivity index (χ2n) is 5.28. The van der Waals surface area contributed by atoms with Gasteiger partial charge in [0.05, 0.1) is 5.69 Å². The highest BCUT2D eigenvalue weighted by Gasteiger charge is 2.45. The van der Waals surface area contributed by atoms with E-state index in [1.807, 2.05) is 11.3 Å². The fourth-order valence-corrected chi connectivity index (χ4v) is 3.71. The molecule has 0 saturated heterocycles. The standard InChI is InChI=1S/C15H18N2S/c1-10-3-5-12(6-4-10)14-17-11(2)13(18-14)15(9-16)7-8-15/h3-6H,7-9,16H2,1-2H3. The van der Waals surface area contributed by atoms with Gasteiger partial charge in [0.2, 0.25) is 0 Å². The molecule has 2 nitrogen and oxygen atoms in total. The van der Waals surface area contributed by atoms with E-state index in [0.29, 0.717) is 0 Å². The summed E-state index contributed by atoms with van der Waals surface area (Å²) in [6.07, 6.45) is 2.44. The second kappa shape index (κ2) is 4.18. The predicted octanol–water partition coefficient (Wildman–Crippen LogP) is 3.42. The number of hydrogen-bond donors (Lipinski definition) is 1. The van der Waals surface area contributed by atoms with E-state index in [-0.39, 0.29) is 5.41 Å². The lowest BCUT2D eigenvalue weighted by Gasteiger charge is -2.09. The number of rotatable bonds is 3. The maximum absolute atomic E-state index is 5.92. The molecule has 0 amide bonds. The molecule has 0 atom stereocenters. The largest absolute Gasteiger partial charge is 0.330 e. The molecule has 3 rings (SSSR count). The number of nitrogens with two attached hydrogens (primary N) is 1. The van der Waals surface area contributed by atoms with Gasteiger partial charge in [0.1, 0.15) is 5.01 Å². The zero-order valence-electron chi connectivity index (χ0n) is 10.9. The van der Waals surface area contributed by atoms with Crippen LogP contribution in [-0.4, -0.2) is 11.5 Å². The Bertz CT molecular complexity index is 565. The highest BCUT2D eigenvalue weighted by Crippen LogP contribution is 2.51. The first-order valence-electron chi connectivity index (χ1n) is 6.40. The van der Waals surface area contributed by atoms with Crippen molar-refractivity contribution in [3.63, 3.8) is 0 Å². The fourth-order valence-electron chi connectivity index (χ4n) is 2.38. The van der Waals surface area contributed by atoms with Crippen molar-refractivity contribution < 1.29 is 0 Å². The van der Waals surface area contributed by atoms with Gasteiger partial charge in [0, 0.05) is 22.4 Å². The maximum atomic E-state index is 5.92. The Morgan fingerprint density at radius 1 is 1.22 bits per heavy atom. The van der Waals surface area contributed by atoms with E-state index in [0.717, 1.165) is 11.6 Å². The van der Waals surface area contributed by atoms with Gasteiger partial charge in [-0.3, -0.25) is 0 Å². The Morgan fingerprint density at radius 3 is 2.44 bits per heavy atom. The van der Waals surface area contributed by atoms with Crippen molar-refractivity contribution in [1.29, 1.82) is 0 Å². The lowest BCUT2D eigenvalue weighted by molar-refractivity contribution is 0.712. The highest BCUT2D eigenvalue weighted by molar-refractivity contribution is 7.15. The Labute approximate surface area is 112 Å². The fraction of sp³-hybridized carbons (Fsp3) is 0.400. The number of hydrogen-bond acceptors (Lipinski definition) is 3. The number of benzene rings is 1. The molecule has 1 heterocycles. The lowest BCUT2D eigenvalue weighted by Crippen LogP contribution is -2.19. The highest BCUT2D eigenvalue weighted by atomic mass is 32.1. The number of nitrogens with zero attached hydrogens (tertiary/aromatic N) is 1. The van der Waals surface area contributed by atoms with Crippen LogP contribution in [0.5, 0.6) is 0 Å². The van der Waals surface area contributed by atoms with Crippen LogP contribution in [0.4, 0.5) is 0 Å². The smallest absolute Gasteiger partial charge is 0.123 e. The molecule has 2 N–H and O–H groups in total. The molecule has 2 aromatic rings. The zero-order valence-corrected chi connectivity index (χ0v) is 11.7. The molecule has 94 valence electrons. The molecular weight excluding hydrogens is 240 g/mol. The minimum absolute atomic E-state index is 0.255. The molecule has 0 bridgehead atoms. The van der Waals surface area contributed by atoms with Crippen LogP contribution in [0.15, 0.2) is 24.3 Å². The Kier molecular flexibility index (Phi) is 2.76. The molecule has 0 aliphatic heterocycles. The molecule has 1 fully saturated rings. The molecule has 1 aliphatic carbocycles. The van der Waals surface area contributed by atoms with E-state index in [4.69, 9.17) is 10.7 Å². The van der Waals surface area contributed by atoms with E-state index in [2.05, 4.69) is 38.1 Å². The predicted molar refractivity (Wildman–Crippen MR) is 77.0 cm³/mol. The van der Waals surface area contributed by atoms with Gasteiger partial charge in [-0.1, -0.05) is 29.8 Å². The SMILES string of the molecule is Cc1ccc(-c2nc(C)c(C3(CN)CC3)s2)cc1. The minimum Gasteiger partial charge on any atom is -0.330 e. The monoisotopic (exact) mass is 258 g/mol. The van der Waals surface area contributed by atoms with Crippen LogP contribution < -0.4 is 5.73 Å². The Morgan fingerprint density at radius 2 is 1.89 bits per heavy atom. The van der Waals surface area contributed by atoms with Crippen LogP contribution >= 0.6 is 11.3 Å². The summed E-state index contributed by atoms with van der Waals surface area (Å²) >= 11 is 1.82. The van der Waals surface area contributed by atoms with Crippen molar-refractivity contribution in [2.75, 3.05) is 6.54 Å². The van der Waals surface area contributed by atoms with Crippen molar-refractivity contribution in [3.8, 4) is 10.6 Å². The van der Waals surface area contributed by atoms with Gasteiger partial charge in [0.15, 0.2) is 0 Å². The van der Waals surface area contributed by atoms with E-state index in [1.165, 1.54) is 34.5 Å². The summed E-state index contributed by atoms with van der Waals surface area (Å²) < 4.78 is 0. The summed E-state index contributed by atoms with van der Waals surface area (Å²) in [7, 11) is 0. The maximum Gasteiger partial charge on any atom is 0.123 e. The normalized spacial score (nSPS) is 16.8. The first-order chi connectivity index (χ1) is 8.64. The minimum atomic E-state index is 0.255. The van der Waals surface area contributed by atoms with E-state index < -0.39 is 0 Å². The Hall–Kier alpha value is -1.19. The topological polar surface area (TPSA) is 38.9 Å². The molecular formula is C15H18N2S. The van der Waals surface area contributed by atoms with Crippen LogP contribution in [0.2, 0.25) is 0 Å². The molecule has 1 aliphatic rings. The summed E-state index contributed by atoms with van der Waals surface area (Å²) in [4.78, 5) is 6.13. The zero-order chi connectivity index (χ0) is 12.8. The van der Waals surface area contributed by atoms with Crippen molar-refractivity contribution in [1.82, 2.24) is 4.98 Å². The first-order valence-corrected chi connectivity index (χ1v) is 7.21. The third kappa shape index (κ3) is 1.88. The molecule has 1 aromatic carbocycles. The van der Waals surface area contributed by atoms with Crippen molar-refractivity contribution in [3.05, 3.63) is 40.4 Å². The van der Waals surface area contributed by atoms with Crippen molar-refractivity contribution in [2.45, 2.75) is 32.1 Å². The first kappa shape index (κ1) is 11.9. The summed E-state index contributed by atoms with van der Waals surface area (Å²) in [5, 5.41) is 1.13. The molecule has 18 heavy (non-hydrogen) atoms. The molecule has 0 unspecified atom stereocenters. The number of aryl methyl sites for hydroxylation is 2. The van der Waals surface area contributed by atoms with Gasteiger partial charge in [-0.2, -0.15) is 0 Å². The molecule has 0 radical (unpaired) electrons. The average Bonchev–Trinajstić information content (AvgIpc) is 3.08. The lowest BCUT2D eigenvalue weighted by atomic mass is 10.0. The molecule has 1 aromatic heterocycles. The third-order valence-corrected chi connectivity index (χ3v) is 5.27. The van der Waals surface area contributed by atoms with Crippen LogP contribution in [0.1, 0.15) is 29.0 Å². The second-order valence-corrected chi connectivity index (χ2v) is 6.28. The number of aromatic nitrogens is 1. The van der Waals surface area contributed by atoms with Gasteiger partial charge >= 0.3 is 0 Å². The molecule has 3 heteroatoms.